The lowest BCUT2D eigenvalue weighted by Crippen LogP contribution is -2.46. The first-order valence-corrected chi connectivity index (χ1v) is 8.76. The van der Waals surface area contributed by atoms with Crippen LogP contribution in [0, 0.1) is 0 Å². The first-order chi connectivity index (χ1) is 11.7. The van der Waals surface area contributed by atoms with E-state index in [4.69, 9.17) is 0 Å². The molecule has 2 aliphatic rings. The van der Waals surface area contributed by atoms with Crippen LogP contribution in [0.4, 0.5) is 10.5 Å². The van der Waals surface area contributed by atoms with E-state index in [0.29, 0.717) is 13.1 Å². The van der Waals surface area contributed by atoms with Gasteiger partial charge in [-0.3, -0.25) is 4.90 Å². The highest BCUT2D eigenvalue weighted by Crippen LogP contribution is 2.22. The van der Waals surface area contributed by atoms with Gasteiger partial charge >= 0.3 is 6.03 Å². The fourth-order valence-corrected chi connectivity index (χ4v) is 3.88. The lowest BCUT2D eigenvalue weighted by molar-refractivity contribution is 0.0706. The number of urea groups is 1. The van der Waals surface area contributed by atoms with Crippen LogP contribution >= 0.6 is 0 Å². The van der Waals surface area contributed by atoms with Gasteiger partial charge in [0.05, 0.1) is 18.7 Å². The van der Waals surface area contributed by atoms with Gasteiger partial charge < -0.3 is 20.3 Å². The molecule has 3 heterocycles. The molecule has 0 saturated carbocycles. The summed E-state index contributed by atoms with van der Waals surface area (Å²) >= 11 is 0. The number of nitrogens with one attached hydrogen (secondary N) is 2. The molecule has 0 bridgehead atoms. The van der Waals surface area contributed by atoms with Gasteiger partial charge in [0.25, 0.3) is 0 Å². The molecule has 1 aromatic carbocycles. The molecule has 24 heavy (non-hydrogen) atoms. The van der Waals surface area contributed by atoms with Gasteiger partial charge in [-0.2, -0.15) is 0 Å². The van der Waals surface area contributed by atoms with E-state index in [-0.39, 0.29) is 12.1 Å². The van der Waals surface area contributed by atoms with E-state index in [0.717, 1.165) is 29.7 Å². The maximum Gasteiger partial charge on any atom is 0.321 e. The summed E-state index contributed by atoms with van der Waals surface area (Å²) in [6.07, 6.45) is 5.07. The summed E-state index contributed by atoms with van der Waals surface area (Å²) < 4.78 is 0. The van der Waals surface area contributed by atoms with E-state index >= 15 is 0 Å². The van der Waals surface area contributed by atoms with Gasteiger partial charge in [0, 0.05) is 29.3 Å². The average Bonchev–Trinajstić information content (AvgIpc) is 3.21. The van der Waals surface area contributed by atoms with Gasteiger partial charge in [-0.15, -0.1) is 0 Å². The van der Waals surface area contributed by atoms with Crippen molar-refractivity contribution >= 4 is 22.6 Å². The summed E-state index contributed by atoms with van der Waals surface area (Å²) in [5.74, 6) is 0. The normalized spacial score (nSPS) is 25.3. The van der Waals surface area contributed by atoms with Gasteiger partial charge in [-0.1, -0.05) is 6.42 Å². The molecule has 2 aromatic rings. The molecule has 2 saturated heterocycles. The number of carbonyl (C=O) groups is 1. The molecule has 0 radical (unpaired) electrons. The molecule has 0 spiro atoms. The Labute approximate surface area is 141 Å². The first kappa shape index (κ1) is 15.5. The number of fused-ring (bicyclic) bond motifs is 1. The minimum atomic E-state index is -0.457. The predicted octanol–water partition coefficient (Wildman–Crippen LogP) is 2.23. The van der Waals surface area contributed by atoms with Crippen molar-refractivity contribution < 1.29 is 9.90 Å². The number of aliphatic hydroxyl groups is 1. The maximum atomic E-state index is 12.5. The molecule has 6 nitrogen and oxygen atoms in total. The topological polar surface area (TPSA) is 71.6 Å². The van der Waals surface area contributed by atoms with E-state index in [2.05, 4.69) is 15.2 Å². The molecule has 2 fully saturated rings. The summed E-state index contributed by atoms with van der Waals surface area (Å²) in [5.41, 5.74) is 1.83. The summed E-state index contributed by atoms with van der Waals surface area (Å²) in [7, 11) is 0. The van der Waals surface area contributed by atoms with Gasteiger partial charge in [-0.25, -0.2) is 4.79 Å². The summed E-state index contributed by atoms with van der Waals surface area (Å²) in [4.78, 5) is 19.7. The lowest BCUT2D eigenvalue weighted by Gasteiger charge is -2.33. The Morgan fingerprint density at radius 2 is 2.00 bits per heavy atom. The third-order valence-electron chi connectivity index (χ3n) is 5.21. The minimum Gasteiger partial charge on any atom is -0.390 e. The lowest BCUT2D eigenvalue weighted by atomic mass is 10.1. The number of aromatic amines is 1. The second kappa shape index (κ2) is 6.45. The van der Waals surface area contributed by atoms with Gasteiger partial charge in [0.1, 0.15) is 0 Å². The number of likely N-dealkylation sites (tertiary alicyclic amines) is 2. The summed E-state index contributed by atoms with van der Waals surface area (Å²) in [5, 5.41) is 14.4. The molecule has 0 unspecified atom stereocenters. The number of nitrogens with zero attached hydrogens (tertiary/aromatic N) is 2. The summed E-state index contributed by atoms with van der Waals surface area (Å²) in [6, 6.07) is 7.73. The molecule has 2 amide bonds. The molecular weight excluding hydrogens is 304 g/mol. The van der Waals surface area contributed by atoms with Crippen LogP contribution in [0.1, 0.15) is 19.3 Å². The predicted molar refractivity (Wildman–Crippen MR) is 94.1 cm³/mol. The SMILES string of the molecule is O=C(Nc1ccc2[nH]ccc2c1)N1C[C@@H](O)[C@H](N2CCCCC2)C1. The highest BCUT2D eigenvalue weighted by atomic mass is 16.3. The summed E-state index contributed by atoms with van der Waals surface area (Å²) in [6.45, 7) is 3.06. The third-order valence-corrected chi connectivity index (χ3v) is 5.21. The van der Waals surface area contributed by atoms with Crippen LogP contribution in [-0.4, -0.2) is 64.2 Å². The Bertz CT molecular complexity index is 723. The maximum absolute atomic E-state index is 12.5. The van der Waals surface area contributed by atoms with Crippen LogP contribution in [0.5, 0.6) is 0 Å². The number of H-pyrrole nitrogens is 1. The molecule has 0 aliphatic carbocycles. The van der Waals surface area contributed by atoms with Crippen molar-refractivity contribution in [2.24, 2.45) is 0 Å². The number of aromatic nitrogens is 1. The number of anilines is 1. The van der Waals surface area contributed by atoms with Crippen molar-refractivity contribution in [1.82, 2.24) is 14.8 Å². The molecular formula is C18H24N4O2. The van der Waals surface area contributed by atoms with E-state index < -0.39 is 6.10 Å². The molecule has 128 valence electrons. The number of amides is 2. The van der Waals surface area contributed by atoms with E-state index in [1.165, 1.54) is 19.3 Å². The molecule has 2 aliphatic heterocycles. The Kier molecular flexibility index (Phi) is 4.16. The number of carbonyl (C=O) groups excluding carboxylic acids is 1. The largest absolute Gasteiger partial charge is 0.390 e. The Balaban J connectivity index is 1.41. The number of hydrogen-bond acceptors (Lipinski definition) is 3. The first-order valence-electron chi connectivity index (χ1n) is 8.76. The number of rotatable bonds is 2. The number of hydrogen-bond donors (Lipinski definition) is 3. The molecule has 4 rings (SSSR count). The number of piperidine rings is 1. The highest BCUT2D eigenvalue weighted by molar-refractivity contribution is 5.93. The van der Waals surface area contributed by atoms with Gasteiger partial charge in [-0.05, 0) is 50.2 Å². The fraction of sp³-hybridized carbons (Fsp3) is 0.500. The smallest absolute Gasteiger partial charge is 0.321 e. The zero-order valence-corrected chi connectivity index (χ0v) is 13.7. The average molecular weight is 328 g/mol. The van der Waals surface area contributed by atoms with Crippen molar-refractivity contribution in [3.05, 3.63) is 30.5 Å². The molecule has 1 aromatic heterocycles. The second-order valence-corrected chi connectivity index (χ2v) is 6.85. The fourth-order valence-electron chi connectivity index (χ4n) is 3.88. The second-order valence-electron chi connectivity index (χ2n) is 6.85. The van der Waals surface area contributed by atoms with Crippen LogP contribution in [0.15, 0.2) is 30.5 Å². The van der Waals surface area contributed by atoms with E-state index in [1.807, 2.05) is 30.5 Å². The van der Waals surface area contributed by atoms with Crippen LogP contribution < -0.4 is 5.32 Å². The van der Waals surface area contributed by atoms with Gasteiger partial charge in [0.2, 0.25) is 0 Å². The van der Waals surface area contributed by atoms with Crippen LogP contribution in [-0.2, 0) is 0 Å². The minimum absolute atomic E-state index is 0.0724. The van der Waals surface area contributed by atoms with Crippen molar-refractivity contribution in [2.75, 3.05) is 31.5 Å². The van der Waals surface area contributed by atoms with Crippen molar-refractivity contribution in [1.29, 1.82) is 0 Å². The number of β-amino-alcohol motifs (C(OH)–C–C–N with tert-alkyl or cyclic N) is 1. The zero-order chi connectivity index (χ0) is 16.5. The van der Waals surface area contributed by atoms with Gasteiger partial charge in [0.15, 0.2) is 0 Å². The van der Waals surface area contributed by atoms with E-state index in [1.54, 1.807) is 4.90 Å². The Hall–Kier alpha value is -2.05. The quantitative estimate of drug-likeness (QED) is 0.792. The zero-order valence-electron chi connectivity index (χ0n) is 13.7. The Morgan fingerprint density at radius 3 is 2.83 bits per heavy atom. The van der Waals surface area contributed by atoms with Crippen LogP contribution in [0.2, 0.25) is 0 Å². The third kappa shape index (κ3) is 2.99. The van der Waals surface area contributed by atoms with Crippen molar-refractivity contribution in [3.8, 4) is 0 Å². The van der Waals surface area contributed by atoms with Crippen molar-refractivity contribution in [3.63, 3.8) is 0 Å². The molecule has 6 heteroatoms. The van der Waals surface area contributed by atoms with E-state index in [9.17, 15) is 9.90 Å². The molecule has 2 atom stereocenters. The number of benzene rings is 1. The van der Waals surface area contributed by atoms with Crippen molar-refractivity contribution in [2.45, 2.75) is 31.4 Å². The monoisotopic (exact) mass is 328 g/mol. The Morgan fingerprint density at radius 1 is 1.17 bits per heavy atom. The number of aliphatic hydroxyl groups excluding tert-OH is 1. The van der Waals surface area contributed by atoms with Crippen LogP contribution in [0.25, 0.3) is 10.9 Å². The standard InChI is InChI=1S/C18H24N4O2/c23-17-12-22(11-16(17)21-8-2-1-3-9-21)18(24)20-14-4-5-15-13(10-14)6-7-19-15/h4-7,10,16-17,19,23H,1-3,8-9,11-12H2,(H,20,24)/t16-,17-/m1/s1. The van der Waals surface area contributed by atoms with Crippen LogP contribution in [0.3, 0.4) is 0 Å². The highest BCUT2D eigenvalue weighted by Gasteiger charge is 2.37. The molecule has 3 N–H and O–H groups in total.